The van der Waals surface area contributed by atoms with Crippen molar-refractivity contribution in [1.82, 2.24) is 5.32 Å². The van der Waals surface area contributed by atoms with Crippen molar-refractivity contribution in [1.29, 1.82) is 0 Å². The average Bonchev–Trinajstić information content (AvgIpc) is 2.81. The molecule has 1 aromatic rings. The topological polar surface area (TPSA) is 21.3 Å². The van der Waals surface area contributed by atoms with Crippen LogP contribution in [0.25, 0.3) is 0 Å². The van der Waals surface area contributed by atoms with Gasteiger partial charge in [0, 0.05) is 5.54 Å². The summed E-state index contributed by atoms with van der Waals surface area (Å²) in [6.07, 6.45) is 4.87. The lowest BCUT2D eigenvalue weighted by atomic mass is 9.82. The minimum atomic E-state index is 0.264. The standard InChI is InChI=1S/C17H25Br2NO/c1-4-21-16-14(18)8-13(9-15(16)19)11-17(10-12(2)3)6-5-7-20-17/h8-9,12,20H,4-7,10-11H2,1-3H3. The van der Waals surface area contributed by atoms with Gasteiger partial charge in [-0.15, -0.1) is 0 Å². The van der Waals surface area contributed by atoms with Crippen LogP contribution in [0.4, 0.5) is 0 Å². The van der Waals surface area contributed by atoms with Gasteiger partial charge < -0.3 is 10.1 Å². The van der Waals surface area contributed by atoms with Crippen molar-refractivity contribution < 1.29 is 4.74 Å². The van der Waals surface area contributed by atoms with E-state index in [1.165, 1.54) is 24.8 Å². The van der Waals surface area contributed by atoms with Gasteiger partial charge in [0.2, 0.25) is 0 Å². The van der Waals surface area contributed by atoms with Crippen LogP contribution in [0.1, 0.15) is 45.6 Å². The molecule has 0 aliphatic carbocycles. The number of hydrogen-bond donors (Lipinski definition) is 1. The van der Waals surface area contributed by atoms with Crippen molar-refractivity contribution >= 4 is 31.9 Å². The van der Waals surface area contributed by atoms with Crippen LogP contribution in [0, 0.1) is 5.92 Å². The molecule has 0 saturated carbocycles. The highest BCUT2D eigenvalue weighted by atomic mass is 79.9. The van der Waals surface area contributed by atoms with Crippen LogP contribution in [0.5, 0.6) is 5.75 Å². The van der Waals surface area contributed by atoms with Crippen molar-refractivity contribution in [3.05, 3.63) is 26.6 Å². The molecule has 0 bridgehead atoms. The summed E-state index contributed by atoms with van der Waals surface area (Å²) in [5.74, 6) is 1.61. The van der Waals surface area contributed by atoms with Crippen LogP contribution < -0.4 is 10.1 Å². The zero-order chi connectivity index (χ0) is 15.5. The van der Waals surface area contributed by atoms with E-state index in [-0.39, 0.29) is 5.54 Å². The first-order valence-electron chi connectivity index (χ1n) is 7.81. The van der Waals surface area contributed by atoms with Crippen molar-refractivity contribution in [2.24, 2.45) is 5.92 Å². The van der Waals surface area contributed by atoms with E-state index in [1.54, 1.807) is 0 Å². The van der Waals surface area contributed by atoms with Crippen LogP contribution in [-0.2, 0) is 6.42 Å². The maximum atomic E-state index is 5.67. The zero-order valence-corrected chi connectivity index (χ0v) is 16.3. The SMILES string of the molecule is CCOc1c(Br)cc(CC2(CC(C)C)CCCN2)cc1Br. The molecule has 118 valence electrons. The molecule has 0 spiro atoms. The maximum Gasteiger partial charge on any atom is 0.147 e. The van der Waals surface area contributed by atoms with E-state index in [2.05, 4.69) is 63.2 Å². The Balaban J connectivity index is 2.21. The molecular weight excluding hydrogens is 394 g/mol. The fourth-order valence-corrected chi connectivity index (χ4v) is 4.95. The Morgan fingerprint density at radius 3 is 2.43 bits per heavy atom. The van der Waals surface area contributed by atoms with E-state index in [0.717, 1.165) is 27.7 Å². The second-order valence-corrected chi connectivity index (χ2v) is 8.12. The third-order valence-corrected chi connectivity index (χ3v) is 5.20. The molecule has 1 N–H and O–H groups in total. The summed E-state index contributed by atoms with van der Waals surface area (Å²) in [7, 11) is 0. The summed E-state index contributed by atoms with van der Waals surface area (Å²) in [4.78, 5) is 0. The molecular formula is C17H25Br2NO. The molecule has 2 rings (SSSR count). The lowest BCUT2D eigenvalue weighted by molar-refractivity contribution is 0.301. The predicted molar refractivity (Wildman–Crippen MR) is 96.1 cm³/mol. The quantitative estimate of drug-likeness (QED) is 0.674. The minimum absolute atomic E-state index is 0.264. The van der Waals surface area contributed by atoms with Gasteiger partial charge in [-0.05, 0) is 94.6 Å². The van der Waals surface area contributed by atoms with Gasteiger partial charge in [0.15, 0.2) is 0 Å². The van der Waals surface area contributed by atoms with Crippen molar-refractivity contribution in [2.45, 2.75) is 52.0 Å². The summed E-state index contributed by atoms with van der Waals surface area (Å²) in [6.45, 7) is 8.45. The number of ether oxygens (including phenoxy) is 1. The highest BCUT2D eigenvalue weighted by Crippen LogP contribution is 2.37. The molecule has 2 nitrogen and oxygen atoms in total. The van der Waals surface area contributed by atoms with Gasteiger partial charge in [-0.3, -0.25) is 0 Å². The Bertz CT molecular complexity index is 459. The van der Waals surface area contributed by atoms with Gasteiger partial charge in [-0.25, -0.2) is 0 Å². The molecule has 4 heteroatoms. The highest BCUT2D eigenvalue weighted by Gasteiger charge is 2.34. The van der Waals surface area contributed by atoms with Gasteiger partial charge in [-0.1, -0.05) is 13.8 Å². The fourth-order valence-electron chi connectivity index (χ4n) is 3.43. The Labute approximate surface area is 145 Å². The van der Waals surface area contributed by atoms with E-state index in [0.29, 0.717) is 12.5 Å². The number of hydrogen-bond acceptors (Lipinski definition) is 2. The summed E-state index contributed by atoms with van der Waals surface area (Å²) < 4.78 is 7.74. The molecule has 0 aromatic heterocycles. The second-order valence-electron chi connectivity index (χ2n) is 6.41. The molecule has 1 aliphatic heterocycles. The number of benzene rings is 1. The molecule has 1 aromatic carbocycles. The summed E-state index contributed by atoms with van der Waals surface area (Å²) in [6, 6.07) is 4.41. The third kappa shape index (κ3) is 4.46. The summed E-state index contributed by atoms with van der Waals surface area (Å²) in [5.41, 5.74) is 1.62. The lowest BCUT2D eigenvalue weighted by Crippen LogP contribution is -2.43. The molecule has 1 heterocycles. The van der Waals surface area contributed by atoms with Crippen molar-refractivity contribution in [2.75, 3.05) is 13.2 Å². The monoisotopic (exact) mass is 417 g/mol. The Kier molecular flexibility index (Phi) is 6.15. The van der Waals surface area contributed by atoms with Crippen molar-refractivity contribution in [3.8, 4) is 5.75 Å². The fraction of sp³-hybridized carbons (Fsp3) is 0.647. The molecule has 0 radical (unpaired) electrons. The van der Waals surface area contributed by atoms with E-state index in [4.69, 9.17) is 4.74 Å². The number of halogens is 2. The Morgan fingerprint density at radius 1 is 1.29 bits per heavy atom. The summed E-state index contributed by atoms with van der Waals surface area (Å²) in [5, 5.41) is 3.77. The third-order valence-electron chi connectivity index (χ3n) is 4.02. The smallest absolute Gasteiger partial charge is 0.147 e. The first kappa shape index (κ1) is 17.3. The predicted octanol–water partition coefficient (Wildman–Crippen LogP) is 5.32. The van der Waals surface area contributed by atoms with E-state index in [1.807, 2.05) is 6.92 Å². The van der Waals surface area contributed by atoms with Crippen LogP contribution in [0.15, 0.2) is 21.1 Å². The Hall–Kier alpha value is -0.0600. The van der Waals surface area contributed by atoms with Crippen LogP contribution in [-0.4, -0.2) is 18.7 Å². The number of rotatable bonds is 6. The molecule has 1 atom stereocenters. The van der Waals surface area contributed by atoms with Gasteiger partial charge in [-0.2, -0.15) is 0 Å². The van der Waals surface area contributed by atoms with E-state index >= 15 is 0 Å². The highest BCUT2D eigenvalue weighted by molar-refractivity contribution is 9.11. The molecule has 0 amide bonds. The van der Waals surface area contributed by atoms with Crippen LogP contribution in [0.3, 0.4) is 0 Å². The van der Waals surface area contributed by atoms with Gasteiger partial charge in [0.25, 0.3) is 0 Å². The van der Waals surface area contributed by atoms with Gasteiger partial charge in [0.05, 0.1) is 15.6 Å². The summed E-state index contributed by atoms with van der Waals surface area (Å²) >= 11 is 7.28. The molecule has 1 unspecified atom stereocenters. The maximum absolute atomic E-state index is 5.67. The number of nitrogens with one attached hydrogen (secondary N) is 1. The van der Waals surface area contributed by atoms with Crippen molar-refractivity contribution in [3.63, 3.8) is 0 Å². The molecule has 1 aliphatic rings. The molecule has 1 fully saturated rings. The largest absolute Gasteiger partial charge is 0.492 e. The first-order chi connectivity index (χ1) is 9.96. The van der Waals surface area contributed by atoms with Crippen LogP contribution >= 0.6 is 31.9 Å². The van der Waals surface area contributed by atoms with Gasteiger partial charge in [0.1, 0.15) is 5.75 Å². The van der Waals surface area contributed by atoms with Gasteiger partial charge >= 0.3 is 0 Å². The lowest BCUT2D eigenvalue weighted by Gasteiger charge is -2.32. The molecule has 1 saturated heterocycles. The first-order valence-corrected chi connectivity index (χ1v) is 9.40. The normalized spacial score (nSPS) is 22.0. The average molecular weight is 419 g/mol. The molecule has 21 heavy (non-hydrogen) atoms. The minimum Gasteiger partial charge on any atom is -0.492 e. The second kappa shape index (κ2) is 7.47. The van der Waals surface area contributed by atoms with Crippen LogP contribution in [0.2, 0.25) is 0 Å². The zero-order valence-electron chi connectivity index (χ0n) is 13.1. The van der Waals surface area contributed by atoms with E-state index < -0.39 is 0 Å². The Morgan fingerprint density at radius 2 is 1.95 bits per heavy atom. The van der Waals surface area contributed by atoms with E-state index in [9.17, 15) is 0 Å².